The van der Waals surface area contributed by atoms with Gasteiger partial charge < -0.3 is 40.7 Å². The van der Waals surface area contributed by atoms with Crippen LogP contribution in [0.1, 0.15) is 0 Å². The van der Waals surface area contributed by atoms with Crippen molar-refractivity contribution in [2.24, 2.45) is 0 Å². The van der Waals surface area contributed by atoms with E-state index in [0.29, 0.717) is 0 Å². The van der Waals surface area contributed by atoms with Crippen LogP contribution in [0.2, 0.25) is 0 Å². The summed E-state index contributed by atoms with van der Waals surface area (Å²) in [4.78, 5) is 4.46. The SMILES string of the molecule is c1ccc2c(c1)oc1cc(N(c3ccc4c(c3)oc3ccccc34)c3ccc4c(c3)oc3cc5oc6cc7oc8cc(N(c9ccc%10c(c9)oc9ccccc9%10)c9ccc%10c(c9)oc9ccccc9%10)ccc8c7cc6c5cc34)ccc12. The van der Waals surface area contributed by atoms with E-state index in [9.17, 15) is 0 Å². The standard InChI is InChI=1S/C72H38N2O7/c1-5-13-59-45(9-1)49-23-17-39(29-63(49)75-59)73(40-18-24-50-46-10-2-6-14-60(46)76-64(50)30-40)43-21-27-53-55-35-57-58-36-56-54-28-22-44(34-68(54)80-70(56)38-72(58)81-71(57)37-69(55)79-67(53)33-43)74(41-19-25-51-47-11-3-7-15-61(47)77-65(51)31-41)42-20-26-52-48-12-4-8-16-62(48)78-66(52)32-42/h1-38H. The number of furan rings is 7. The molecule has 0 bridgehead atoms. The maximum absolute atomic E-state index is 6.77. The zero-order valence-electron chi connectivity index (χ0n) is 42.7. The van der Waals surface area contributed by atoms with Crippen molar-refractivity contribution in [3.63, 3.8) is 0 Å². The van der Waals surface area contributed by atoms with E-state index in [2.05, 4.69) is 155 Å². The average molecular weight is 1040 g/mol. The Kier molecular flexibility index (Phi) is 8.34. The maximum Gasteiger partial charge on any atom is 0.139 e. The summed E-state index contributed by atoms with van der Waals surface area (Å²) in [6, 6.07) is 79.6. The molecule has 0 amide bonds. The summed E-state index contributed by atoms with van der Waals surface area (Å²) in [5.74, 6) is 0. The number of anilines is 6. The molecule has 0 fully saturated rings. The molecule has 9 heteroatoms. The van der Waals surface area contributed by atoms with Crippen LogP contribution in [0.4, 0.5) is 34.1 Å². The summed E-state index contributed by atoms with van der Waals surface area (Å²) >= 11 is 0. The Labute approximate surface area is 456 Å². The van der Waals surface area contributed by atoms with Crippen LogP contribution in [0.3, 0.4) is 0 Å². The third-order valence-electron chi connectivity index (χ3n) is 16.6. The minimum Gasteiger partial charge on any atom is -0.456 e. The summed E-state index contributed by atoms with van der Waals surface area (Å²) < 4.78 is 45.9. The third-order valence-corrected chi connectivity index (χ3v) is 16.6. The lowest BCUT2D eigenvalue weighted by molar-refractivity contribution is 0.651. The predicted molar refractivity (Wildman–Crippen MR) is 327 cm³/mol. The molecule has 19 aromatic rings. The second-order valence-electron chi connectivity index (χ2n) is 21.1. The van der Waals surface area contributed by atoms with Gasteiger partial charge in [0.05, 0.1) is 0 Å². The lowest BCUT2D eigenvalue weighted by Crippen LogP contribution is -2.09. The monoisotopic (exact) mass is 1040 g/mol. The van der Waals surface area contributed by atoms with Crippen LogP contribution in [0.25, 0.3) is 154 Å². The van der Waals surface area contributed by atoms with Gasteiger partial charge in [-0.25, -0.2) is 0 Å². The second kappa shape index (κ2) is 15.7. The van der Waals surface area contributed by atoms with E-state index >= 15 is 0 Å². The summed E-state index contributed by atoms with van der Waals surface area (Å²) in [6.07, 6.45) is 0. The molecule has 0 aliphatic carbocycles. The molecule has 0 aliphatic heterocycles. The van der Waals surface area contributed by atoms with E-state index in [1.807, 2.05) is 84.9 Å². The van der Waals surface area contributed by atoms with E-state index < -0.39 is 0 Å². The van der Waals surface area contributed by atoms with Gasteiger partial charge in [-0.15, -0.1) is 0 Å². The quantitative estimate of drug-likeness (QED) is 0.161. The predicted octanol–water partition coefficient (Wildman–Crippen LogP) is 21.9. The van der Waals surface area contributed by atoms with Gasteiger partial charge in [-0.3, -0.25) is 0 Å². The molecule has 0 N–H and O–H groups in total. The number of hydrogen-bond acceptors (Lipinski definition) is 9. The lowest BCUT2D eigenvalue weighted by Gasteiger charge is -2.25. The van der Waals surface area contributed by atoms with E-state index in [1.165, 1.54) is 0 Å². The van der Waals surface area contributed by atoms with Crippen molar-refractivity contribution < 1.29 is 30.9 Å². The first-order valence-corrected chi connectivity index (χ1v) is 27.0. The number of fused-ring (bicyclic) bond motifs is 21. The fourth-order valence-corrected chi connectivity index (χ4v) is 12.9. The summed E-state index contributed by atoms with van der Waals surface area (Å²) in [5, 5.41) is 14.5. The number of nitrogens with zero attached hydrogens (tertiary/aromatic N) is 2. The first kappa shape index (κ1) is 42.9. The smallest absolute Gasteiger partial charge is 0.139 e. The van der Waals surface area contributed by atoms with Crippen molar-refractivity contribution in [2.75, 3.05) is 9.80 Å². The van der Waals surface area contributed by atoms with Crippen LogP contribution in [-0.2, 0) is 0 Å². The van der Waals surface area contributed by atoms with Crippen molar-refractivity contribution in [3.8, 4) is 0 Å². The molecular weight excluding hydrogens is 1000 g/mol. The number of rotatable bonds is 6. The molecule has 0 atom stereocenters. The van der Waals surface area contributed by atoms with Gasteiger partial charge in [-0.05, 0) is 109 Å². The molecule has 7 aromatic heterocycles. The fourth-order valence-electron chi connectivity index (χ4n) is 12.9. The van der Waals surface area contributed by atoms with Crippen molar-refractivity contribution in [1.29, 1.82) is 0 Å². The molecule has 81 heavy (non-hydrogen) atoms. The Morgan fingerprint density at radius 3 is 0.593 bits per heavy atom. The van der Waals surface area contributed by atoms with Crippen LogP contribution in [-0.4, -0.2) is 0 Å². The second-order valence-corrected chi connectivity index (χ2v) is 21.1. The first-order valence-electron chi connectivity index (χ1n) is 27.0. The minimum absolute atomic E-state index is 0.731. The van der Waals surface area contributed by atoms with Gasteiger partial charge in [0.15, 0.2) is 0 Å². The maximum atomic E-state index is 6.77. The van der Waals surface area contributed by atoms with Gasteiger partial charge in [0.1, 0.15) is 78.2 Å². The van der Waals surface area contributed by atoms with Crippen molar-refractivity contribution in [2.45, 2.75) is 0 Å². The summed E-state index contributed by atoms with van der Waals surface area (Å²) in [7, 11) is 0. The van der Waals surface area contributed by atoms with Crippen LogP contribution < -0.4 is 9.80 Å². The molecule has 0 radical (unpaired) electrons. The van der Waals surface area contributed by atoms with E-state index in [0.717, 1.165) is 188 Å². The van der Waals surface area contributed by atoms with Crippen LogP contribution in [0, 0.1) is 0 Å². The van der Waals surface area contributed by atoms with Crippen LogP contribution in [0.15, 0.2) is 261 Å². The molecular formula is C72H38N2O7. The molecule has 0 unspecified atom stereocenters. The van der Waals surface area contributed by atoms with E-state index in [-0.39, 0.29) is 0 Å². The zero-order valence-corrected chi connectivity index (χ0v) is 42.7. The van der Waals surface area contributed by atoms with Gasteiger partial charge in [0.25, 0.3) is 0 Å². The summed E-state index contributed by atoms with van der Waals surface area (Å²) in [5.41, 5.74) is 16.7. The Morgan fingerprint density at radius 1 is 0.148 bits per heavy atom. The number of hydrogen-bond donors (Lipinski definition) is 0. The Bertz CT molecular complexity index is 5310. The molecule has 9 nitrogen and oxygen atoms in total. The largest absolute Gasteiger partial charge is 0.456 e. The Morgan fingerprint density at radius 2 is 0.333 bits per heavy atom. The van der Waals surface area contributed by atoms with Gasteiger partial charge in [-0.2, -0.15) is 0 Å². The highest BCUT2D eigenvalue weighted by Gasteiger charge is 2.24. The number of benzene rings is 12. The van der Waals surface area contributed by atoms with Gasteiger partial charge in [0.2, 0.25) is 0 Å². The fraction of sp³-hybridized carbons (Fsp3) is 0. The number of para-hydroxylation sites is 4. The first-order chi connectivity index (χ1) is 40.0. The van der Waals surface area contributed by atoms with Gasteiger partial charge >= 0.3 is 0 Å². The topological polar surface area (TPSA) is 98.5 Å². The highest BCUT2D eigenvalue weighted by Crippen LogP contribution is 2.47. The molecule has 0 saturated carbocycles. The molecule has 378 valence electrons. The normalized spacial score (nSPS) is 12.4. The molecule has 0 spiro atoms. The highest BCUT2D eigenvalue weighted by molar-refractivity contribution is 6.20. The van der Waals surface area contributed by atoms with Crippen LogP contribution >= 0.6 is 0 Å². The lowest BCUT2D eigenvalue weighted by atomic mass is 10.0. The zero-order chi connectivity index (χ0) is 52.6. The summed E-state index contributed by atoms with van der Waals surface area (Å²) in [6.45, 7) is 0. The Balaban J connectivity index is 0.728. The molecule has 7 heterocycles. The van der Waals surface area contributed by atoms with Crippen molar-refractivity contribution in [1.82, 2.24) is 0 Å². The van der Waals surface area contributed by atoms with Crippen LogP contribution in [0.5, 0.6) is 0 Å². The van der Waals surface area contributed by atoms with E-state index in [1.54, 1.807) is 0 Å². The third kappa shape index (κ3) is 6.19. The molecule has 0 aliphatic rings. The molecule has 19 rings (SSSR count). The van der Waals surface area contributed by atoms with Crippen molar-refractivity contribution >= 4 is 188 Å². The Hall–Kier alpha value is -11.2. The highest BCUT2D eigenvalue weighted by atomic mass is 16.4. The molecule has 12 aromatic carbocycles. The van der Waals surface area contributed by atoms with E-state index in [4.69, 9.17) is 30.9 Å². The van der Waals surface area contributed by atoms with Gasteiger partial charge in [-0.1, -0.05) is 72.8 Å². The van der Waals surface area contributed by atoms with Gasteiger partial charge in [0, 0.05) is 158 Å². The van der Waals surface area contributed by atoms with Crippen molar-refractivity contribution in [3.05, 3.63) is 231 Å². The average Bonchev–Trinajstić information content (AvgIpc) is 4.55. The minimum atomic E-state index is 0.731. The molecule has 0 saturated heterocycles.